The molecule has 1 heterocycles. The van der Waals surface area contributed by atoms with Crippen LogP contribution in [0.3, 0.4) is 0 Å². The number of amides is 2. The van der Waals surface area contributed by atoms with Crippen molar-refractivity contribution in [3.63, 3.8) is 0 Å². The number of nitrogens with two attached hydrogens (primary N) is 1. The Balaban J connectivity index is 1.67. The van der Waals surface area contributed by atoms with E-state index >= 15 is 0 Å². The van der Waals surface area contributed by atoms with Crippen molar-refractivity contribution in [2.75, 3.05) is 11.4 Å². The number of rotatable bonds is 8. The van der Waals surface area contributed by atoms with Crippen molar-refractivity contribution in [1.29, 1.82) is 5.26 Å². The number of sulfonamides is 2. The average molecular weight is 618 g/mol. The van der Waals surface area contributed by atoms with E-state index in [-0.39, 0.29) is 34.9 Å². The van der Waals surface area contributed by atoms with Gasteiger partial charge in [-0.25, -0.2) is 26.9 Å². The summed E-state index contributed by atoms with van der Waals surface area (Å²) in [4.78, 5) is 27.2. The summed E-state index contributed by atoms with van der Waals surface area (Å²) in [5.41, 5.74) is 1.19. The van der Waals surface area contributed by atoms with Crippen LogP contribution in [0.1, 0.15) is 17.5 Å². The molecule has 1 aliphatic heterocycles. The lowest BCUT2D eigenvalue weighted by Crippen LogP contribution is -2.46. The van der Waals surface area contributed by atoms with Crippen molar-refractivity contribution in [2.45, 2.75) is 28.7 Å². The Morgan fingerprint density at radius 2 is 1.50 bits per heavy atom. The zero-order valence-corrected chi connectivity index (χ0v) is 22.9. The molecule has 1 atom stereocenters. The Bertz CT molecular complexity index is 1630. The Kier molecular flexibility index (Phi) is 7.82. The molecule has 10 nitrogen and oxygen atoms in total. The summed E-state index contributed by atoms with van der Waals surface area (Å²) >= 11 is 3.27. The number of nitriles is 1. The van der Waals surface area contributed by atoms with Gasteiger partial charge in [-0.05, 0) is 72.6 Å². The molecule has 0 bridgehead atoms. The summed E-state index contributed by atoms with van der Waals surface area (Å²) in [5, 5.41) is 14.2. The first-order valence-corrected chi connectivity index (χ1v) is 15.0. The maximum atomic E-state index is 13.7. The molecule has 0 aromatic heterocycles. The average Bonchev–Trinajstić information content (AvgIpc) is 3.17. The van der Waals surface area contributed by atoms with Crippen LogP contribution in [0, 0.1) is 11.3 Å². The number of carbonyl (C=O) groups excluding carboxylic acids is 2. The molecule has 1 saturated heterocycles. The summed E-state index contributed by atoms with van der Waals surface area (Å²) in [5.74, 6) is -1.27. The number of anilines is 1. The zero-order chi connectivity index (χ0) is 27.7. The number of primary sulfonamides is 1. The lowest BCUT2D eigenvalue weighted by molar-refractivity contribution is -0.122. The summed E-state index contributed by atoms with van der Waals surface area (Å²) in [6, 6.07) is 18.1. The Labute approximate surface area is 228 Å². The fourth-order valence-corrected chi connectivity index (χ4v) is 6.43. The monoisotopic (exact) mass is 616 g/mol. The third-order valence-corrected chi connectivity index (χ3v) is 9.40. The fourth-order valence-electron chi connectivity index (χ4n) is 4.07. The summed E-state index contributed by atoms with van der Waals surface area (Å²) in [6.45, 7) is -0.155. The quantitative estimate of drug-likeness (QED) is 0.381. The van der Waals surface area contributed by atoms with E-state index in [1.165, 1.54) is 60.7 Å². The molecule has 0 spiro atoms. The summed E-state index contributed by atoms with van der Waals surface area (Å²) in [6.07, 6.45) is -0.228. The SMILES string of the molecule is N#Cc1ccc(N2C(=O)CC(N(CCc3ccc(S(N)(=O)=O)cc3)S(=O)(=O)c3ccc(Br)cc3)C2=O)cc1. The summed E-state index contributed by atoms with van der Waals surface area (Å²) in [7, 11) is -8.11. The molecule has 0 radical (unpaired) electrons. The smallest absolute Gasteiger partial charge is 0.252 e. The van der Waals surface area contributed by atoms with Gasteiger partial charge in [-0.2, -0.15) is 9.57 Å². The van der Waals surface area contributed by atoms with Gasteiger partial charge < -0.3 is 0 Å². The third-order valence-electron chi connectivity index (χ3n) is 6.02. The maximum absolute atomic E-state index is 13.7. The number of benzene rings is 3. The van der Waals surface area contributed by atoms with Crippen molar-refractivity contribution >= 4 is 53.5 Å². The van der Waals surface area contributed by atoms with Gasteiger partial charge in [0.1, 0.15) is 6.04 Å². The minimum atomic E-state index is -4.22. The lowest BCUT2D eigenvalue weighted by Gasteiger charge is -2.27. The highest BCUT2D eigenvalue weighted by atomic mass is 79.9. The van der Waals surface area contributed by atoms with Crippen molar-refractivity contribution in [3.8, 4) is 6.07 Å². The lowest BCUT2D eigenvalue weighted by atomic mass is 10.1. The predicted octanol–water partition coefficient (Wildman–Crippen LogP) is 2.53. The molecule has 3 aromatic carbocycles. The van der Waals surface area contributed by atoms with E-state index in [9.17, 15) is 26.4 Å². The van der Waals surface area contributed by atoms with Gasteiger partial charge in [0.25, 0.3) is 5.91 Å². The predicted molar refractivity (Wildman–Crippen MR) is 142 cm³/mol. The second-order valence-corrected chi connectivity index (χ2v) is 12.8. The molecule has 0 saturated carbocycles. The van der Waals surface area contributed by atoms with Crippen LogP contribution in [0.5, 0.6) is 0 Å². The number of carbonyl (C=O) groups is 2. The molecule has 1 aliphatic rings. The number of halogens is 1. The summed E-state index contributed by atoms with van der Waals surface area (Å²) < 4.78 is 52.2. The van der Waals surface area contributed by atoms with E-state index in [1.54, 1.807) is 12.1 Å². The molecule has 13 heteroatoms. The van der Waals surface area contributed by atoms with Crippen LogP contribution >= 0.6 is 15.9 Å². The third kappa shape index (κ3) is 5.69. The van der Waals surface area contributed by atoms with E-state index in [1.807, 2.05) is 6.07 Å². The van der Waals surface area contributed by atoms with Crippen LogP contribution in [-0.4, -0.2) is 45.5 Å². The molecule has 1 unspecified atom stereocenters. The Morgan fingerprint density at radius 1 is 0.921 bits per heavy atom. The largest absolute Gasteiger partial charge is 0.274 e. The molecule has 0 aliphatic carbocycles. The topological polar surface area (TPSA) is 159 Å². The highest BCUT2D eigenvalue weighted by Gasteiger charge is 2.46. The van der Waals surface area contributed by atoms with Gasteiger partial charge in [0.15, 0.2) is 0 Å². The molecular weight excluding hydrogens is 596 g/mol. The van der Waals surface area contributed by atoms with E-state index < -0.39 is 37.9 Å². The Hall–Kier alpha value is -3.41. The van der Waals surface area contributed by atoms with Crippen molar-refractivity contribution in [3.05, 3.63) is 88.4 Å². The normalized spacial score (nSPS) is 16.2. The van der Waals surface area contributed by atoms with Crippen LogP contribution < -0.4 is 10.0 Å². The minimum Gasteiger partial charge on any atom is -0.274 e. The number of hydrogen-bond donors (Lipinski definition) is 1. The van der Waals surface area contributed by atoms with E-state index in [0.29, 0.717) is 15.6 Å². The second kappa shape index (κ2) is 10.8. The first kappa shape index (κ1) is 27.6. The number of nitrogens with zero attached hydrogens (tertiary/aromatic N) is 3. The molecule has 196 valence electrons. The molecule has 38 heavy (non-hydrogen) atoms. The Morgan fingerprint density at radius 3 is 2.05 bits per heavy atom. The highest BCUT2D eigenvalue weighted by molar-refractivity contribution is 9.10. The molecule has 2 N–H and O–H groups in total. The highest BCUT2D eigenvalue weighted by Crippen LogP contribution is 2.30. The zero-order valence-electron chi connectivity index (χ0n) is 19.7. The van der Waals surface area contributed by atoms with Crippen LogP contribution in [0.15, 0.2) is 87.1 Å². The fraction of sp³-hybridized carbons (Fsp3) is 0.160. The second-order valence-electron chi connectivity index (χ2n) is 8.45. The van der Waals surface area contributed by atoms with E-state index in [4.69, 9.17) is 10.4 Å². The molecule has 4 rings (SSSR count). The van der Waals surface area contributed by atoms with E-state index in [0.717, 1.165) is 9.21 Å². The van der Waals surface area contributed by atoms with Gasteiger partial charge in [0, 0.05) is 11.0 Å². The van der Waals surface area contributed by atoms with Crippen molar-refractivity contribution in [2.24, 2.45) is 5.14 Å². The standard InChI is InChI=1S/C25H21BrN4O6S2/c26-19-5-11-22(12-6-19)38(35,36)29(14-13-17-3-9-21(10-4-17)37(28,33)34)23-15-24(31)30(25(23)32)20-7-1-18(16-27)2-8-20/h1-12,23H,13-15H2,(H2,28,33,34). The van der Waals surface area contributed by atoms with Crippen LogP contribution in [0.2, 0.25) is 0 Å². The van der Waals surface area contributed by atoms with Crippen molar-refractivity contribution in [1.82, 2.24) is 4.31 Å². The van der Waals surface area contributed by atoms with Gasteiger partial charge in [-0.3, -0.25) is 9.59 Å². The first-order valence-electron chi connectivity index (χ1n) is 11.2. The van der Waals surface area contributed by atoms with Gasteiger partial charge in [-0.1, -0.05) is 28.1 Å². The van der Waals surface area contributed by atoms with Gasteiger partial charge in [0.2, 0.25) is 26.0 Å². The maximum Gasteiger partial charge on any atom is 0.252 e. The van der Waals surface area contributed by atoms with Gasteiger partial charge in [-0.15, -0.1) is 0 Å². The minimum absolute atomic E-state index is 0.0534. The molecule has 2 amide bonds. The molecular formula is C25H21BrN4O6S2. The van der Waals surface area contributed by atoms with Gasteiger partial charge >= 0.3 is 0 Å². The van der Waals surface area contributed by atoms with Crippen molar-refractivity contribution < 1.29 is 26.4 Å². The van der Waals surface area contributed by atoms with Gasteiger partial charge in [0.05, 0.1) is 33.5 Å². The number of hydrogen-bond acceptors (Lipinski definition) is 7. The first-order chi connectivity index (χ1) is 17.9. The van der Waals surface area contributed by atoms with Crippen LogP contribution in [0.25, 0.3) is 0 Å². The van der Waals surface area contributed by atoms with Crippen LogP contribution in [-0.2, 0) is 36.1 Å². The molecule has 3 aromatic rings. The van der Waals surface area contributed by atoms with E-state index in [2.05, 4.69) is 15.9 Å². The number of imide groups is 1. The van der Waals surface area contributed by atoms with Crippen LogP contribution in [0.4, 0.5) is 5.69 Å². The molecule has 1 fully saturated rings.